The number of hydrogen-bond donors (Lipinski definition) is 1. The Morgan fingerprint density at radius 3 is 2.57 bits per heavy atom. The van der Waals surface area contributed by atoms with Crippen LogP contribution in [0.25, 0.3) is 5.82 Å². The van der Waals surface area contributed by atoms with E-state index in [0.717, 1.165) is 6.42 Å². The lowest BCUT2D eigenvalue weighted by Crippen LogP contribution is -2.41. The van der Waals surface area contributed by atoms with Crippen LogP contribution in [0.5, 0.6) is 5.88 Å². The number of rotatable bonds is 8. The Morgan fingerprint density at radius 2 is 1.95 bits per heavy atom. The molecule has 0 radical (unpaired) electrons. The number of carbonyl (C=O) groups is 1. The third kappa shape index (κ3) is 5.65. The second kappa shape index (κ2) is 10.3. The van der Waals surface area contributed by atoms with Crippen molar-refractivity contribution in [1.82, 2.24) is 19.5 Å². The summed E-state index contributed by atoms with van der Waals surface area (Å²) in [4.78, 5) is 19.8. The first-order chi connectivity index (χ1) is 19.6. The number of sulfonamides is 1. The molecular formula is C28H29F3N6O4S. The number of nitriles is 1. The maximum atomic E-state index is 13.4. The van der Waals surface area contributed by atoms with Crippen molar-refractivity contribution >= 4 is 21.7 Å². The van der Waals surface area contributed by atoms with Crippen molar-refractivity contribution in [2.24, 2.45) is 11.3 Å². The van der Waals surface area contributed by atoms with E-state index in [4.69, 9.17) is 10.00 Å². The Morgan fingerprint density at radius 1 is 1.21 bits per heavy atom. The molecule has 10 nitrogen and oxygen atoms in total. The third-order valence-electron chi connectivity index (χ3n) is 7.68. The van der Waals surface area contributed by atoms with Crippen LogP contribution in [0.3, 0.4) is 0 Å². The van der Waals surface area contributed by atoms with Gasteiger partial charge in [0.2, 0.25) is 5.88 Å². The first-order valence-electron chi connectivity index (χ1n) is 13.3. The predicted molar refractivity (Wildman–Crippen MR) is 146 cm³/mol. The molecule has 1 atom stereocenters. The van der Waals surface area contributed by atoms with Crippen LogP contribution in [0.2, 0.25) is 0 Å². The highest BCUT2D eigenvalue weighted by molar-refractivity contribution is 7.90. The van der Waals surface area contributed by atoms with E-state index in [2.05, 4.69) is 21.7 Å². The number of carbonyl (C=O) groups excluding carboxylic acids is 1. The molecule has 1 amide bonds. The van der Waals surface area contributed by atoms with Gasteiger partial charge in [-0.15, -0.1) is 5.10 Å². The summed E-state index contributed by atoms with van der Waals surface area (Å²) < 4.78 is 74.7. The lowest BCUT2D eigenvalue weighted by Gasteiger charge is -2.34. The van der Waals surface area contributed by atoms with Crippen molar-refractivity contribution in [2.75, 3.05) is 18.1 Å². The summed E-state index contributed by atoms with van der Waals surface area (Å²) in [5, 5.41) is 13.4. The van der Waals surface area contributed by atoms with Gasteiger partial charge in [0, 0.05) is 24.3 Å². The smallest absolute Gasteiger partial charge is 0.397 e. The van der Waals surface area contributed by atoms with E-state index in [0.29, 0.717) is 6.54 Å². The fourth-order valence-corrected chi connectivity index (χ4v) is 6.27. The normalized spacial score (nSPS) is 19.3. The molecule has 1 saturated heterocycles. The first-order valence-corrected chi connectivity index (χ1v) is 14.7. The average molecular weight is 603 g/mol. The van der Waals surface area contributed by atoms with Gasteiger partial charge in [-0.2, -0.15) is 18.4 Å². The van der Waals surface area contributed by atoms with Crippen LogP contribution in [0, 0.1) is 22.7 Å². The van der Waals surface area contributed by atoms with Gasteiger partial charge in [0.1, 0.15) is 17.8 Å². The molecule has 14 heteroatoms. The average Bonchev–Trinajstić information content (AvgIpc) is 3.50. The van der Waals surface area contributed by atoms with Gasteiger partial charge >= 0.3 is 6.18 Å². The van der Waals surface area contributed by atoms with Crippen LogP contribution in [-0.2, 0) is 10.0 Å². The number of halogens is 3. The fourth-order valence-electron chi connectivity index (χ4n) is 5.26. The zero-order chi connectivity index (χ0) is 30.5. The summed E-state index contributed by atoms with van der Waals surface area (Å²) in [6, 6.07) is 11.5. The van der Waals surface area contributed by atoms with Gasteiger partial charge < -0.3 is 9.64 Å². The van der Waals surface area contributed by atoms with Crippen molar-refractivity contribution < 1.29 is 31.1 Å². The summed E-state index contributed by atoms with van der Waals surface area (Å²) in [5.41, 5.74) is -2.14. The molecule has 42 heavy (non-hydrogen) atoms. The van der Waals surface area contributed by atoms with Crippen LogP contribution in [0.4, 0.5) is 19.0 Å². The number of ether oxygens (including phenoxy) is 1. The highest BCUT2D eigenvalue weighted by Crippen LogP contribution is 2.57. The molecule has 2 fully saturated rings. The summed E-state index contributed by atoms with van der Waals surface area (Å²) in [6.45, 7) is 6.06. The van der Waals surface area contributed by atoms with Crippen molar-refractivity contribution in [2.45, 2.75) is 56.6 Å². The molecule has 1 saturated carbocycles. The molecule has 3 aromatic rings. The number of amides is 1. The minimum Gasteiger partial charge on any atom is -0.476 e. The third-order valence-corrected chi connectivity index (χ3v) is 9.01. The summed E-state index contributed by atoms with van der Waals surface area (Å²) in [6.07, 6.45) is -2.06. The van der Waals surface area contributed by atoms with Gasteiger partial charge in [-0.3, -0.25) is 4.79 Å². The lowest BCUT2D eigenvalue weighted by atomic mass is 9.97. The van der Waals surface area contributed by atoms with Gasteiger partial charge in [0.15, 0.2) is 5.82 Å². The van der Waals surface area contributed by atoms with Crippen molar-refractivity contribution in [3.8, 4) is 17.8 Å². The Labute approximate surface area is 241 Å². The predicted octanol–water partition coefficient (Wildman–Crippen LogP) is 4.60. The highest BCUT2D eigenvalue weighted by atomic mass is 32.2. The summed E-state index contributed by atoms with van der Waals surface area (Å²) >= 11 is 0. The van der Waals surface area contributed by atoms with Crippen LogP contribution in [0.1, 0.15) is 56.0 Å². The summed E-state index contributed by atoms with van der Waals surface area (Å²) in [7, 11) is -4.31. The van der Waals surface area contributed by atoms with E-state index in [9.17, 15) is 26.4 Å². The quantitative estimate of drug-likeness (QED) is 0.396. The minimum atomic E-state index is -4.35. The van der Waals surface area contributed by atoms with Crippen LogP contribution in [-0.4, -0.2) is 54.0 Å². The minimum absolute atomic E-state index is 0.00323. The lowest BCUT2D eigenvalue weighted by molar-refractivity contribution is -0.194. The second-order valence-electron chi connectivity index (χ2n) is 11.5. The molecule has 1 N–H and O–H groups in total. The molecule has 1 aromatic carbocycles. The van der Waals surface area contributed by atoms with Crippen molar-refractivity contribution in [3.05, 3.63) is 59.8 Å². The highest BCUT2D eigenvalue weighted by Gasteiger charge is 2.64. The number of benzene rings is 1. The number of nitrogens with zero attached hydrogens (tertiary/aromatic N) is 5. The summed E-state index contributed by atoms with van der Waals surface area (Å²) in [5.74, 6) is -0.169. The number of aromatic nitrogens is 3. The van der Waals surface area contributed by atoms with Crippen LogP contribution < -0.4 is 14.4 Å². The molecule has 0 unspecified atom stereocenters. The number of anilines is 1. The second-order valence-corrected chi connectivity index (χ2v) is 13.2. The van der Waals surface area contributed by atoms with E-state index < -0.39 is 39.7 Å². The van der Waals surface area contributed by atoms with Gasteiger partial charge in [0.05, 0.1) is 22.1 Å². The SMILES string of the molecule is C[C@@H]1CN(c2nc(-n3ccc(OCC4(C(F)(F)F)CC4)n3)ccc2C(=O)NS(=O)(=O)c2cccc(C#N)c2)C(C)(C)C1. The topological polar surface area (TPSA) is 130 Å². The van der Waals surface area contributed by atoms with Gasteiger partial charge in [-0.05, 0) is 69.4 Å². The Hall–Kier alpha value is -4.12. The molecule has 1 aliphatic heterocycles. The molecule has 2 aromatic heterocycles. The van der Waals surface area contributed by atoms with Crippen LogP contribution >= 0.6 is 0 Å². The van der Waals surface area contributed by atoms with Crippen molar-refractivity contribution in [3.63, 3.8) is 0 Å². The van der Waals surface area contributed by atoms with Crippen LogP contribution in [0.15, 0.2) is 53.6 Å². The zero-order valence-electron chi connectivity index (χ0n) is 23.1. The molecule has 3 heterocycles. The largest absolute Gasteiger partial charge is 0.476 e. The molecular weight excluding hydrogens is 573 g/mol. The van der Waals surface area contributed by atoms with E-state index in [1.54, 1.807) is 0 Å². The van der Waals surface area contributed by atoms with Crippen molar-refractivity contribution in [1.29, 1.82) is 5.26 Å². The standard InChI is InChI=1S/C28H29F3N6O4S/c1-18-14-26(2,3)36(16-18)24-21(25(38)35-42(39,40)20-6-4-5-19(13-20)15-32)7-8-22(33-24)37-12-9-23(34-37)41-17-27(10-11-27)28(29,30)31/h4-9,12-13,18H,10-11,14,16-17H2,1-3H3,(H,35,38)/t18-/m0/s1. The maximum Gasteiger partial charge on any atom is 0.397 e. The van der Waals surface area contributed by atoms with Gasteiger partial charge in [-0.25, -0.2) is 22.8 Å². The van der Waals surface area contributed by atoms with Gasteiger partial charge in [0.25, 0.3) is 15.9 Å². The van der Waals surface area contributed by atoms with E-state index in [1.165, 1.54) is 53.3 Å². The van der Waals surface area contributed by atoms with Gasteiger partial charge in [-0.1, -0.05) is 13.0 Å². The molecule has 1 aliphatic carbocycles. The molecule has 5 rings (SSSR count). The van der Waals surface area contributed by atoms with E-state index in [-0.39, 0.29) is 52.3 Å². The monoisotopic (exact) mass is 602 g/mol. The number of nitrogens with one attached hydrogen (secondary N) is 1. The first kappa shape index (κ1) is 29.4. The Kier molecular flexibility index (Phi) is 7.21. The molecule has 0 spiro atoms. The Balaban J connectivity index is 1.45. The molecule has 0 bridgehead atoms. The maximum absolute atomic E-state index is 13.4. The molecule has 2 aliphatic rings. The van der Waals surface area contributed by atoms with E-state index >= 15 is 0 Å². The number of pyridine rings is 1. The zero-order valence-corrected chi connectivity index (χ0v) is 24.0. The molecule has 222 valence electrons. The number of hydrogen-bond acceptors (Lipinski definition) is 8. The van der Waals surface area contributed by atoms with E-state index in [1.807, 2.05) is 24.8 Å². The Bertz CT molecular complexity index is 1670. The number of alkyl halides is 3. The fraction of sp³-hybridized carbons (Fsp3) is 0.429.